The Bertz CT molecular complexity index is 4460. The molecule has 4 heterocycles. The van der Waals surface area contributed by atoms with E-state index in [1.165, 1.54) is 67.1 Å². The summed E-state index contributed by atoms with van der Waals surface area (Å²) in [5.41, 5.74) is 11.4. The molecule has 580 valence electrons. The summed E-state index contributed by atoms with van der Waals surface area (Å²) in [5.74, 6) is -4.54. The molecule has 0 N–H and O–H groups in total. The van der Waals surface area contributed by atoms with E-state index in [1.54, 1.807) is 24.3 Å². The number of carbonyl (C=O) groups is 8. The summed E-state index contributed by atoms with van der Waals surface area (Å²) in [6.45, 7) is 15.0. The van der Waals surface area contributed by atoms with Crippen LogP contribution >= 0.6 is 31.7 Å². The zero-order chi connectivity index (χ0) is 76.4. The zero-order valence-corrected chi connectivity index (χ0v) is 75.5. The molecule has 112 heavy (non-hydrogen) atoms. The van der Waals surface area contributed by atoms with Crippen LogP contribution in [-0.4, -0.2) is 71.4 Å². The van der Waals surface area contributed by atoms with Crippen molar-refractivity contribution < 1.29 is 128 Å². The van der Waals surface area contributed by atoms with E-state index in [0.717, 1.165) is 44.5 Å². The molecule has 0 aliphatic carbocycles. The Labute approximate surface area is 723 Å². The van der Waals surface area contributed by atoms with Crippen molar-refractivity contribution in [3.8, 4) is 0 Å². The van der Waals surface area contributed by atoms with E-state index >= 15 is 0 Å². The van der Waals surface area contributed by atoms with E-state index < -0.39 is 78.4 Å². The van der Waals surface area contributed by atoms with Gasteiger partial charge in [0, 0.05) is 22.3 Å². The summed E-state index contributed by atoms with van der Waals surface area (Å²) in [5, 5.41) is 26.9. The molecule has 20 heteroatoms. The van der Waals surface area contributed by atoms with Crippen molar-refractivity contribution in [3.63, 3.8) is 0 Å². The van der Waals surface area contributed by atoms with Crippen LogP contribution in [-0.2, 0) is 109 Å². The van der Waals surface area contributed by atoms with E-state index in [-0.39, 0.29) is 89.5 Å². The average Bonchev–Trinajstić information content (AvgIpc) is 1.66. The minimum absolute atomic E-state index is 0. The predicted molar refractivity (Wildman–Crippen MR) is 454 cm³/mol. The number of aryl methyl sites for hydroxylation is 8. The van der Waals surface area contributed by atoms with Crippen LogP contribution in [0.3, 0.4) is 0 Å². The molecule has 4 aliphatic rings. The SMILES string of the molecule is Cc1cc(C)c2c(c1)C(=O)C(=O)[N-]2.Cc1cc(C)c2c(c1)C(=O)C(=O)[N-]2.Cc1cc(C)c2c(c1)C(=O)C(=O)[N-]2.Cc1cc(C)c2c(c1)C(=O)C(=O)[N-]2.[Au+].[Au+].[Au+].[Au+].c1ccc([PH+](CC[PH+](c2ccccc2)c2ccccc2)c2ccccc2)cc1.c1ccc([PH+](CC[PH+](c2ccccc2)c2ccccc2)c2ccccc2)cc1. The normalized spacial score (nSPS) is 12.2. The number of ketones is 4. The van der Waals surface area contributed by atoms with Gasteiger partial charge in [0.05, 0.1) is 74.1 Å². The monoisotopic (exact) mass is 2280 g/mol. The number of nitrogens with zero attached hydrogens (tertiary/aromatic N) is 4. The van der Waals surface area contributed by atoms with E-state index in [0.29, 0.717) is 45.0 Å². The second-order valence-corrected chi connectivity index (χ2v) is 37.2. The van der Waals surface area contributed by atoms with Gasteiger partial charge in [0.15, 0.2) is 0 Å². The number of carbonyl (C=O) groups excluding carboxylic acids is 8. The molecule has 12 aromatic carbocycles. The Balaban J connectivity index is 0.000000192. The number of amides is 4. The summed E-state index contributed by atoms with van der Waals surface area (Å²) in [4.78, 5) is 88.9. The molecule has 0 radical (unpaired) electrons. The van der Waals surface area contributed by atoms with Gasteiger partial charge in [0.25, 0.3) is 0 Å². The zero-order valence-electron chi connectivity index (χ0n) is 62.8. The van der Waals surface area contributed by atoms with Gasteiger partial charge < -0.3 is 40.4 Å². The second kappa shape index (κ2) is 43.9. The first-order chi connectivity index (χ1) is 52.2. The Kier molecular flexibility index (Phi) is 35.7. The van der Waals surface area contributed by atoms with E-state index in [1.807, 2.05) is 79.7 Å². The topological polar surface area (TPSA) is 193 Å². The van der Waals surface area contributed by atoms with Crippen LogP contribution in [0, 0.1) is 55.4 Å². The number of hydrogen-bond acceptors (Lipinski definition) is 8. The number of Topliss-reactive ketones (excluding diaryl/α,β-unsaturated/α-hetero) is 4. The molecule has 0 saturated heterocycles. The van der Waals surface area contributed by atoms with Gasteiger partial charge in [-0.1, -0.05) is 214 Å². The minimum atomic E-state index is -0.783. The maximum Gasteiger partial charge on any atom is 1.00 e. The molecule has 16 rings (SSSR count). The minimum Gasteiger partial charge on any atom is -0.619 e. The Morgan fingerprint density at radius 1 is 0.205 bits per heavy atom. The van der Waals surface area contributed by atoms with Crippen LogP contribution in [0.15, 0.2) is 291 Å². The average molecular weight is 2290 g/mol. The van der Waals surface area contributed by atoms with Crippen LogP contribution in [0.1, 0.15) is 85.9 Å². The summed E-state index contributed by atoms with van der Waals surface area (Å²) in [6, 6.07) is 103. The van der Waals surface area contributed by atoms with Crippen molar-refractivity contribution in [2.24, 2.45) is 0 Å². The standard InChI is InChI=1S/2C26H24P2.4C10H9NO2.4Au/c2*1-5-13-23(14-6-1)27(24-15-7-2-8-16-24)21-22-28(25-17-9-3-10-18-25)26-19-11-4-12-20-26;4*1-5-3-6(2)8-7(4-5)9(12)10(13)11-8;;;;/h2*1-20H,21-22H2;4*3-4H,1-2H3,(H,11,12,13);;;;/q;;;;;;4*+1. The molecule has 4 aliphatic heterocycles. The molecule has 0 saturated carbocycles. The molecule has 12 aromatic rings. The first-order valence-electron chi connectivity index (χ1n) is 35.7. The molecule has 0 bridgehead atoms. The maximum absolute atomic E-state index is 11.3. The van der Waals surface area contributed by atoms with Crippen molar-refractivity contribution >= 4 is 144 Å². The molecule has 0 fully saturated rings. The number of rotatable bonds is 14. The van der Waals surface area contributed by atoms with Gasteiger partial charge in [-0.2, -0.15) is 0 Å². The molecular weight excluding hydrogens is 2200 g/mol. The predicted octanol–water partition coefficient (Wildman–Crippen LogP) is 17.5. The van der Waals surface area contributed by atoms with Crippen LogP contribution in [0.2, 0.25) is 0 Å². The smallest absolute Gasteiger partial charge is 0.619 e. The van der Waals surface area contributed by atoms with Crippen molar-refractivity contribution in [3.05, 3.63) is 379 Å². The summed E-state index contributed by atoms with van der Waals surface area (Å²) in [7, 11) is -3.13. The van der Waals surface area contributed by atoms with E-state index in [2.05, 4.69) is 264 Å². The third-order valence-corrected chi connectivity index (χ3v) is 30.9. The van der Waals surface area contributed by atoms with Crippen LogP contribution in [0.5, 0.6) is 0 Å². The van der Waals surface area contributed by atoms with Crippen molar-refractivity contribution in [2.75, 3.05) is 24.6 Å². The van der Waals surface area contributed by atoms with Crippen LogP contribution in [0.4, 0.5) is 22.7 Å². The number of fused-ring (bicyclic) bond motifs is 4. The fourth-order valence-corrected chi connectivity index (χ4v) is 26.0. The van der Waals surface area contributed by atoms with Gasteiger partial charge in [-0.3, -0.25) is 19.2 Å². The molecular formula is C92H84Au4N4O8P4+4. The summed E-state index contributed by atoms with van der Waals surface area (Å²) in [6.07, 6.45) is 5.04. The summed E-state index contributed by atoms with van der Waals surface area (Å²) >= 11 is 0. The fourth-order valence-electron chi connectivity index (χ4n) is 13.6. The van der Waals surface area contributed by atoms with Crippen molar-refractivity contribution in [1.29, 1.82) is 0 Å². The van der Waals surface area contributed by atoms with Gasteiger partial charge in [0.2, 0.25) is 23.1 Å². The Morgan fingerprint density at radius 2 is 0.339 bits per heavy atom. The van der Waals surface area contributed by atoms with Gasteiger partial charge in [-0.05, 0) is 177 Å². The van der Waals surface area contributed by atoms with Crippen molar-refractivity contribution in [2.45, 2.75) is 55.4 Å². The summed E-state index contributed by atoms with van der Waals surface area (Å²) < 4.78 is 0. The third-order valence-electron chi connectivity index (χ3n) is 18.6. The molecule has 4 amide bonds. The first kappa shape index (κ1) is 91.1. The van der Waals surface area contributed by atoms with E-state index in [9.17, 15) is 38.4 Å². The Hall–Kier alpha value is -8.12. The largest absolute Gasteiger partial charge is 1.00 e. The van der Waals surface area contributed by atoms with Gasteiger partial charge in [0.1, 0.15) is 48.3 Å². The Morgan fingerprint density at radius 3 is 0.473 bits per heavy atom. The third kappa shape index (κ3) is 23.5. The molecule has 0 unspecified atom stereocenters. The van der Waals surface area contributed by atoms with Gasteiger partial charge >= 0.3 is 89.5 Å². The first-order valence-corrected chi connectivity index (χ1v) is 42.6. The number of benzene rings is 12. The van der Waals surface area contributed by atoms with E-state index in [4.69, 9.17) is 0 Å². The molecule has 12 nitrogen and oxygen atoms in total. The number of hydrogen-bond donors (Lipinski definition) is 0. The second-order valence-electron chi connectivity index (χ2n) is 26.7. The fraction of sp³-hybridized carbons (Fsp3) is 0.130. The van der Waals surface area contributed by atoms with Gasteiger partial charge in [-0.15, -0.1) is 22.7 Å². The van der Waals surface area contributed by atoms with Crippen LogP contribution < -0.4 is 42.4 Å². The quantitative estimate of drug-likeness (QED) is 0.0583. The molecule has 0 aromatic heterocycles. The van der Waals surface area contributed by atoms with Crippen molar-refractivity contribution in [1.82, 2.24) is 0 Å². The van der Waals surface area contributed by atoms with Gasteiger partial charge in [-0.25, -0.2) is 0 Å². The molecule has 0 spiro atoms. The van der Waals surface area contributed by atoms with Crippen LogP contribution in [0.25, 0.3) is 21.3 Å². The molecule has 0 atom stereocenters. The maximum atomic E-state index is 11.3.